The number of methoxy groups -OCH3 is 1. The highest BCUT2D eigenvalue weighted by atomic mass is 16.5. The van der Waals surface area contributed by atoms with E-state index in [0.717, 1.165) is 18.4 Å². The average molecular weight is 254 g/mol. The van der Waals surface area contributed by atoms with Gasteiger partial charge >= 0.3 is 5.97 Å². The van der Waals surface area contributed by atoms with E-state index in [4.69, 9.17) is 9.47 Å². The van der Waals surface area contributed by atoms with Gasteiger partial charge in [0.2, 0.25) is 0 Å². The first-order valence-corrected chi connectivity index (χ1v) is 6.03. The molecular formula is C12H18N2O4. The topological polar surface area (TPSA) is 73.6 Å². The van der Waals surface area contributed by atoms with Gasteiger partial charge in [-0.15, -0.1) is 0 Å². The van der Waals surface area contributed by atoms with Crippen molar-refractivity contribution >= 4 is 5.97 Å². The first kappa shape index (κ1) is 13.0. The minimum absolute atomic E-state index is 0.174. The number of aromatic nitrogens is 2. The van der Waals surface area contributed by atoms with E-state index in [-0.39, 0.29) is 6.61 Å². The molecule has 1 saturated heterocycles. The Morgan fingerprint density at radius 2 is 2.56 bits per heavy atom. The number of ether oxygens (including phenoxy) is 2. The lowest BCUT2D eigenvalue weighted by molar-refractivity contribution is -0.156. The van der Waals surface area contributed by atoms with Gasteiger partial charge in [0, 0.05) is 19.9 Å². The van der Waals surface area contributed by atoms with Crippen LogP contribution in [-0.4, -0.2) is 47.8 Å². The van der Waals surface area contributed by atoms with Gasteiger partial charge in [0.15, 0.2) is 5.54 Å². The lowest BCUT2D eigenvalue weighted by atomic mass is 9.93. The van der Waals surface area contributed by atoms with E-state index >= 15 is 0 Å². The fourth-order valence-electron chi connectivity index (χ4n) is 2.17. The van der Waals surface area contributed by atoms with Crippen molar-refractivity contribution in [3.8, 4) is 0 Å². The summed E-state index contributed by atoms with van der Waals surface area (Å²) in [4.78, 5) is 11.5. The van der Waals surface area contributed by atoms with Gasteiger partial charge in [-0.05, 0) is 24.8 Å². The van der Waals surface area contributed by atoms with Crippen LogP contribution in [0.4, 0.5) is 0 Å². The molecule has 0 aromatic carbocycles. The van der Waals surface area contributed by atoms with Crippen molar-refractivity contribution in [3.63, 3.8) is 0 Å². The van der Waals surface area contributed by atoms with E-state index in [0.29, 0.717) is 19.6 Å². The molecule has 0 spiro atoms. The van der Waals surface area contributed by atoms with Gasteiger partial charge in [-0.3, -0.25) is 4.68 Å². The first-order chi connectivity index (χ1) is 8.69. The number of carboxylic acids is 1. The Kier molecular flexibility index (Phi) is 3.98. The largest absolute Gasteiger partial charge is 0.479 e. The summed E-state index contributed by atoms with van der Waals surface area (Å²) in [6, 6.07) is 0. The van der Waals surface area contributed by atoms with Crippen LogP contribution in [0.3, 0.4) is 0 Å². The van der Waals surface area contributed by atoms with E-state index < -0.39 is 11.5 Å². The summed E-state index contributed by atoms with van der Waals surface area (Å²) in [5, 5.41) is 13.6. The molecule has 1 unspecified atom stereocenters. The van der Waals surface area contributed by atoms with Crippen molar-refractivity contribution in [1.82, 2.24) is 9.78 Å². The lowest BCUT2D eigenvalue weighted by Gasteiger charge is -2.33. The Balaban J connectivity index is 2.20. The molecule has 0 aliphatic carbocycles. The van der Waals surface area contributed by atoms with Crippen molar-refractivity contribution in [2.45, 2.75) is 24.8 Å². The Hall–Kier alpha value is -1.40. The summed E-state index contributed by atoms with van der Waals surface area (Å²) < 4.78 is 11.8. The molecule has 1 aromatic heterocycles. The molecule has 6 nitrogen and oxygen atoms in total. The molecule has 6 heteroatoms. The zero-order chi connectivity index (χ0) is 13.0. The third-order valence-corrected chi connectivity index (χ3v) is 3.29. The summed E-state index contributed by atoms with van der Waals surface area (Å²) in [7, 11) is 1.64. The van der Waals surface area contributed by atoms with Crippen LogP contribution in [0.2, 0.25) is 0 Å². The average Bonchev–Trinajstić information content (AvgIpc) is 2.86. The quantitative estimate of drug-likeness (QED) is 0.835. The van der Waals surface area contributed by atoms with E-state index in [1.165, 1.54) is 4.68 Å². The second kappa shape index (κ2) is 5.49. The molecule has 1 fully saturated rings. The van der Waals surface area contributed by atoms with E-state index in [1.807, 2.05) is 0 Å². The molecule has 0 saturated carbocycles. The SMILES string of the molecule is COCCc1cnn(C2(C(=O)O)CCCOC2)c1. The number of hydrogen-bond donors (Lipinski definition) is 1. The fourth-order valence-corrected chi connectivity index (χ4v) is 2.17. The van der Waals surface area contributed by atoms with Crippen LogP contribution in [0.5, 0.6) is 0 Å². The summed E-state index contributed by atoms with van der Waals surface area (Å²) >= 11 is 0. The van der Waals surface area contributed by atoms with Crippen LogP contribution in [0.25, 0.3) is 0 Å². The number of hydrogen-bond acceptors (Lipinski definition) is 4. The molecule has 1 aliphatic heterocycles. The maximum atomic E-state index is 11.5. The highest BCUT2D eigenvalue weighted by molar-refractivity contribution is 5.77. The Morgan fingerprint density at radius 1 is 1.72 bits per heavy atom. The summed E-state index contributed by atoms with van der Waals surface area (Å²) in [6.07, 6.45) is 5.49. The highest BCUT2D eigenvalue weighted by Gasteiger charge is 2.43. The molecule has 0 radical (unpaired) electrons. The number of rotatable bonds is 5. The molecule has 2 heterocycles. The second-order valence-corrected chi connectivity index (χ2v) is 4.53. The molecule has 18 heavy (non-hydrogen) atoms. The molecule has 1 aromatic rings. The first-order valence-electron chi connectivity index (χ1n) is 6.03. The molecule has 100 valence electrons. The fraction of sp³-hybridized carbons (Fsp3) is 0.667. The highest BCUT2D eigenvalue weighted by Crippen LogP contribution is 2.27. The molecule has 2 rings (SSSR count). The van der Waals surface area contributed by atoms with Gasteiger partial charge in [-0.25, -0.2) is 4.79 Å². The standard InChI is InChI=1S/C12H18N2O4/c1-17-6-3-10-7-13-14(8-10)12(11(15)16)4-2-5-18-9-12/h7-8H,2-6,9H2,1H3,(H,15,16). The number of carboxylic acid groups (broad SMARTS) is 1. The Morgan fingerprint density at radius 3 is 3.17 bits per heavy atom. The van der Waals surface area contributed by atoms with Crippen LogP contribution in [0.15, 0.2) is 12.4 Å². The van der Waals surface area contributed by atoms with Crippen molar-refractivity contribution in [1.29, 1.82) is 0 Å². The minimum Gasteiger partial charge on any atom is -0.479 e. The van der Waals surface area contributed by atoms with Crippen LogP contribution >= 0.6 is 0 Å². The molecule has 0 amide bonds. The normalized spacial score (nSPS) is 24.1. The van der Waals surface area contributed by atoms with Gasteiger partial charge in [-0.1, -0.05) is 0 Å². The Bertz CT molecular complexity index is 410. The minimum atomic E-state index is -1.05. The van der Waals surface area contributed by atoms with Crippen molar-refractivity contribution in [2.24, 2.45) is 0 Å². The van der Waals surface area contributed by atoms with Crippen LogP contribution in [0, 0.1) is 0 Å². The number of carbonyl (C=O) groups is 1. The summed E-state index contributed by atoms with van der Waals surface area (Å²) in [5.41, 5.74) is -0.0770. The maximum absolute atomic E-state index is 11.5. The van der Waals surface area contributed by atoms with Gasteiger partial charge in [0.05, 0.1) is 19.4 Å². The van der Waals surface area contributed by atoms with Crippen molar-refractivity contribution in [2.75, 3.05) is 26.9 Å². The zero-order valence-electron chi connectivity index (χ0n) is 10.5. The van der Waals surface area contributed by atoms with Crippen molar-refractivity contribution < 1.29 is 19.4 Å². The lowest BCUT2D eigenvalue weighted by Crippen LogP contribution is -2.48. The molecule has 0 bridgehead atoms. The summed E-state index contributed by atoms with van der Waals surface area (Å²) in [6.45, 7) is 1.39. The molecule has 1 aliphatic rings. The second-order valence-electron chi connectivity index (χ2n) is 4.53. The van der Waals surface area contributed by atoms with E-state index in [1.54, 1.807) is 19.5 Å². The zero-order valence-corrected chi connectivity index (χ0v) is 10.5. The van der Waals surface area contributed by atoms with Crippen LogP contribution < -0.4 is 0 Å². The predicted molar refractivity (Wildman–Crippen MR) is 63.5 cm³/mol. The molecular weight excluding hydrogens is 236 g/mol. The van der Waals surface area contributed by atoms with Crippen molar-refractivity contribution in [3.05, 3.63) is 18.0 Å². The number of nitrogens with zero attached hydrogens (tertiary/aromatic N) is 2. The van der Waals surface area contributed by atoms with Crippen LogP contribution in [-0.2, 0) is 26.2 Å². The van der Waals surface area contributed by atoms with Gasteiger partial charge in [-0.2, -0.15) is 5.10 Å². The van der Waals surface area contributed by atoms with Gasteiger partial charge < -0.3 is 14.6 Å². The van der Waals surface area contributed by atoms with E-state index in [2.05, 4.69) is 5.10 Å². The Labute approximate surface area is 106 Å². The summed E-state index contributed by atoms with van der Waals surface area (Å²) in [5.74, 6) is -0.886. The van der Waals surface area contributed by atoms with Crippen LogP contribution in [0.1, 0.15) is 18.4 Å². The van der Waals surface area contributed by atoms with E-state index in [9.17, 15) is 9.90 Å². The van der Waals surface area contributed by atoms with Gasteiger partial charge in [0.25, 0.3) is 0 Å². The smallest absolute Gasteiger partial charge is 0.334 e. The third kappa shape index (κ3) is 2.39. The maximum Gasteiger partial charge on any atom is 0.334 e. The molecule has 1 N–H and O–H groups in total. The number of aliphatic carboxylic acids is 1. The third-order valence-electron chi connectivity index (χ3n) is 3.29. The predicted octanol–water partition coefficient (Wildman–Crippen LogP) is 0.662. The molecule has 1 atom stereocenters. The monoisotopic (exact) mass is 254 g/mol. The van der Waals surface area contributed by atoms with Gasteiger partial charge in [0.1, 0.15) is 0 Å².